The number of nitrogens with zero attached hydrogens (tertiary/aromatic N) is 4. The molecule has 3 rings (SSSR count). The van der Waals surface area contributed by atoms with Crippen LogP contribution in [-0.4, -0.2) is 26.4 Å². The van der Waals surface area contributed by atoms with Gasteiger partial charge in [-0.1, -0.05) is 0 Å². The zero-order valence-electron chi connectivity index (χ0n) is 11.6. The summed E-state index contributed by atoms with van der Waals surface area (Å²) in [6, 6.07) is 2.72. The monoisotopic (exact) mass is 259 g/mol. The third-order valence-corrected chi connectivity index (χ3v) is 3.86. The maximum absolute atomic E-state index is 4.32. The normalized spacial score (nSPS) is 16.7. The Kier molecular flexibility index (Phi) is 3.38. The molecule has 0 aromatic carbocycles. The number of nitrogens with one attached hydrogen (secondary N) is 1. The maximum Gasteiger partial charge on any atom is 0.146 e. The Balaban J connectivity index is 1.74. The summed E-state index contributed by atoms with van der Waals surface area (Å²) in [6.45, 7) is 3.74. The lowest BCUT2D eigenvalue weighted by molar-refractivity contribution is 0.527. The van der Waals surface area contributed by atoms with E-state index in [0.717, 1.165) is 24.8 Å². The van der Waals surface area contributed by atoms with Crippen LogP contribution in [-0.2, 0) is 13.1 Å². The van der Waals surface area contributed by atoms with E-state index in [2.05, 4.69) is 45.4 Å². The fraction of sp³-hybridized carbons (Fsp3) is 0.571. The first-order chi connectivity index (χ1) is 9.31. The molecular weight excluding hydrogens is 238 g/mol. The Labute approximate surface area is 113 Å². The van der Waals surface area contributed by atoms with Gasteiger partial charge < -0.3 is 9.88 Å². The van der Waals surface area contributed by atoms with Crippen LogP contribution < -0.4 is 5.32 Å². The highest BCUT2D eigenvalue weighted by Crippen LogP contribution is 2.40. The van der Waals surface area contributed by atoms with Gasteiger partial charge in [0.15, 0.2) is 0 Å². The van der Waals surface area contributed by atoms with Crippen LogP contribution in [0, 0.1) is 5.92 Å². The van der Waals surface area contributed by atoms with Gasteiger partial charge in [-0.15, -0.1) is 0 Å². The van der Waals surface area contributed by atoms with Crippen LogP contribution >= 0.6 is 0 Å². The van der Waals surface area contributed by atoms with Crippen molar-refractivity contribution in [2.75, 3.05) is 7.05 Å². The van der Waals surface area contributed by atoms with E-state index in [1.165, 1.54) is 18.4 Å². The minimum Gasteiger partial charge on any atom is -0.346 e. The predicted octanol–water partition coefficient (Wildman–Crippen LogP) is 1.82. The molecule has 1 atom stereocenters. The van der Waals surface area contributed by atoms with Gasteiger partial charge in [-0.3, -0.25) is 0 Å². The summed E-state index contributed by atoms with van der Waals surface area (Å²) < 4.78 is 4.13. The summed E-state index contributed by atoms with van der Waals surface area (Å²) >= 11 is 0. The van der Waals surface area contributed by atoms with E-state index < -0.39 is 0 Å². The van der Waals surface area contributed by atoms with Crippen molar-refractivity contribution >= 4 is 0 Å². The van der Waals surface area contributed by atoms with Gasteiger partial charge in [0.05, 0.1) is 6.54 Å². The minimum atomic E-state index is 0.505. The topological polar surface area (TPSA) is 47.7 Å². The molecule has 2 aromatic heterocycles. The van der Waals surface area contributed by atoms with Crippen molar-refractivity contribution in [1.29, 1.82) is 0 Å². The quantitative estimate of drug-likeness (QED) is 0.861. The first-order valence-corrected chi connectivity index (χ1v) is 7.01. The van der Waals surface area contributed by atoms with Gasteiger partial charge in [0.25, 0.3) is 0 Å². The summed E-state index contributed by atoms with van der Waals surface area (Å²) in [5.74, 6) is 1.83. The highest BCUT2D eigenvalue weighted by molar-refractivity contribution is 5.18. The molecule has 0 bridgehead atoms. The van der Waals surface area contributed by atoms with Crippen molar-refractivity contribution in [2.24, 2.45) is 5.92 Å². The Morgan fingerprint density at radius 1 is 1.47 bits per heavy atom. The van der Waals surface area contributed by atoms with E-state index in [1.807, 2.05) is 11.7 Å². The second kappa shape index (κ2) is 5.17. The van der Waals surface area contributed by atoms with Crippen molar-refractivity contribution in [2.45, 2.75) is 38.9 Å². The van der Waals surface area contributed by atoms with Gasteiger partial charge in [0.2, 0.25) is 0 Å². The Bertz CT molecular complexity index is 538. The first kappa shape index (κ1) is 12.4. The van der Waals surface area contributed by atoms with E-state index in [9.17, 15) is 0 Å². The Hall–Kier alpha value is -1.62. The summed E-state index contributed by atoms with van der Waals surface area (Å²) in [4.78, 5) is 4.32. The van der Waals surface area contributed by atoms with Gasteiger partial charge in [-0.25, -0.2) is 9.67 Å². The van der Waals surface area contributed by atoms with Crippen molar-refractivity contribution in [1.82, 2.24) is 24.6 Å². The van der Waals surface area contributed by atoms with Crippen LogP contribution in [0.25, 0.3) is 0 Å². The molecule has 0 spiro atoms. The van der Waals surface area contributed by atoms with Gasteiger partial charge in [0, 0.05) is 25.0 Å². The zero-order valence-corrected chi connectivity index (χ0v) is 11.6. The highest BCUT2D eigenvalue weighted by Gasteiger charge is 2.31. The molecule has 1 fully saturated rings. The summed E-state index contributed by atoms with van der Waals surface area (Å²) in [7, 11) is 2.05. The summed E-state index contributed by atoms with van der Waals surface area (Å²) in [6.07, 6.45) is 8.69. The van der Waals surface area contributed by atoms with Crippen LogP contribution in [0.4, 0.5) is 0 Å². The Morgan fingerprint density at radius 3 is 3.00 bits per heavy atom. The predicted molar refractivity (Wildman–Crippen MR) is 73.8 cm³/mol. The molecule has 1 saturated carbocycles. The number of aryl methyl sites for hydroxylation is 1. The standard InChI is InChI=1S/C14H21N5/c1-3-19-13(16-10-17-19)9-18-7-6-12(8-18)14(15-2)11-4-5-11/h6-8,10-11,14-15H,3-5,9H2,1-2H3. The number of rotatable bonds is 6. The number of aromatic nitrogens is 4. The van der Waals surface area contributed by atoms with E-state index in [0.29, 0.717) is 6.04 Å². The molecule has 0 saturated heterocycles. The van der Waals surface area contributed by atoms with Crippen LogP contribution in [0.1, 0.15) is 37.2 Å². The lowest BCUT2D eigenvalue weighted by Gasteiger charge is -2.13. The molecule has 1 aliphatic carbocycles. The molecule has 1 N–H and O–H groups in total. The van der Waals surface area contributed by atoms with E-state index in [4.69, 9.17) is 0 Å². The van der Waals surface area contributed by atoms with Crippen molar-refractivity contribution in [3.8, 4) is 0 Å². The molecule has 0 radical (unpaired) electrons. The third kappa shape index (κ3) is 2.56. The van der Waals surface area contributed by atoms with Gasteiger partial charge in [0.1, 0.15) is 12.2 Å². The molecule has 1 aliphatic rings. The molecule has 5 heteroatoms. The lowest BCUT2D eigenvalue weighted by atomic mass is 10.1. The van der Waals surface area contributed by atoms with Crippen molar-refractivity contribution in [3.63, 3.8) is 0 Å². The van der Waals surface area contributed by atoms with Gasteiger partial charge >= 0.3 is 0 Å². The van der Waals surface area contributed by atoms with Gasteiger partial charge in [-0.2, -0.15) is 5.10 Å². The second-order valence-electron chi connectivity index (χ2n) is 5.21. The second-order valence-corrected chi connectivity index (χ2v) is 5.21. The van der Waals surface area contributed by atoms with Crippen molar-refractivity contribution < 1.29 is 0 Å². The molecule has 1 unspecified atom stereocenters. The van der Waals surface area contributed by atoms with E-state index >= 15 is 0 Å². The molecule has 2 heterocycles. The fourth-order valence-corrected chi connectivity index (χ4v) is 2.68. The number of hydrogen-bond donors (Lipinski definition) is 1. The first-order valence-electron chi connectivity index (χ1n) is 7.01. The van der Waals surface area contributed by atoms with Crippen molar-refractivity contribution in [3.05, 3.63) is 36.2 Å². The lowest BCUT2D eigenvalue weighted by Crippen LogP contribution is -2.17. The molecule has 2 aromatic rings. The zero-order chi connectivity index (χ0) is 13.2. The summed E-state index contributed by atoms with van der Waals surface area (Å²) in [5, 5.41) is 7.64. The van der Waals surface area contributed by atoms with Gasteiger partial charge in [-0.05, 0) is 44.4 Å². The molecular formula is C14H21N5. The molecule has 0 amide bonds. The largest absolute Gasteiger partial charge is 0.346 e. The molecule has 5 nitrogen and oxygen atoms in total. The van der Waals surface area contributed by atoms with Crippen LogP contribution in [0.5, 0.6) is 0 Å². The van der Waals surface area contributed by atoms with E-state index in [1.54, 1.807) is 6.33 Å². The number of hydrogen-bond acceptors (Lipinski definition) is 3. The fourth-order valence-electron chi connectivity index (χ4n) is 2.68. The molecule has 0 aliphatic heterocycles. The minimum absolute atomic E-state index is 0.505. The van der Waals surface area contributed by atoms with Crippen LogP contribution in [0.2, 0.25) is 0 Å². The average molecular weight is 259 g/mol. The van der Waals surface area contributed by atoms with Crippen LogP contribution in [0.3, 0.4) is 0 Å². The molecule has 102 valence electrons. The third-order valence-electron chi connectivity index (χ3n) is 3.86. The molecule has 19 heavy (non-hydrogen) atoms. The summed E-state index contributed by atoms with van der Waals surface area (Å²) in [5.41, 5.74) is 1.38. The van der Waals surface area contributed by atoms with Crippen LogP contribution in [0.15, 0.2) is 24.8 Å². The van der Waals surface area contributed by atoms with E-state index in [-0.39, 0.29) is 0 Å². The highest BCUT2D eigenvalue weighted by atomic mass is 15.3. The Morgan fingerprint density at radius 2 is 2.32 bits per heavy atom. The smallest absolute Gasteiger partial charge is 0.146 e. The average Bonchev–Trinajstić information content (AvgIpc) is 2.98. The maximum atomic E-state index is 4.32. The SMILES string of the molecule is CCn1ncnc1Cn1ccc(C(NC)C2CC2)c1.